The Morgan fingerprint density at radius 1 is 1.30 bits per heavy atom. The molecule has 3 heterocycles. The van der Waals surface area contributed by atoms with Crippen LogP contribution >= 0.6 is 0 Å². The number of rotatable bonds is 4. The Morgan fingerprint density at radius 2 is 2.13 bits per heavy atom. The van der Waals surface area contributed by atoms with Crippen LogP contribution in [0, 0.1) is 12.8 Å². The molecule has 2 aromatic rings. The highest BCUT2D eigenvalue weighted by atomic mass is 16.1. The van der Waals surface area contributed by atoms with Crippen molar-refractivity contribution in [1.82, 2.24) is 20.3 Å². The van der Waals surface area contributed by atoms with Gasteiger partial charge in [-0.25, -0.2) is 9.97 Å². The fourth-order valence-electron chi connectivity index (χ4n) is 2.83. The molecule has 0 aliphatic carbocycles. The zero-order chi connectivity index (χ0) is 16.1. The minimum Gasteiger partial charge on any atom is -0.356 e. The van der Waals surface area contributed by atoms with Crippen molar-refractivity contribution < 1.29 is 4.79 Å². The Bertz CT molecular complexity index is 653. The van der Waals surface area contributed by atoms with E-state index in [-0.39, 0.29) is 11.8 Å². The molecule has 6 heteroatoms. The van der Waals surface area contributed by atoms with E-state index < -0.39 is 0 Å². The zero-order valence-corrected chi connectivity index (χ0v) is 13.3. The molecule has 1 fully saturated rings. The normalized spacial score (nSPS) is 15.4. The van der Waals surface area contributed by atoms with Gasteiger partial charge in [-0.2, -0.15) is 0 Å². The lowest BCUT2D eigenvalue weighted by molar-refractivity contribution is -0.125. The number of aromatic nitrogens is 3. The maximum absolute atomic E-state index is 12.3. The first-order valence-corrected chi connectivity index (χ1v) is 7.93. The van der Waals surface area contributed by atoms with Crippen LogP contribution in [-0.4, -0.2) is 33.9 Å². The Morgan fingerprint density at radius 3 is 2.83 bits per heavy atom. The van der Waals surface area contributed by atoms with Gasteiger partial charge in [0.15, 0.2) is 0 Å². The first-order valence-electron chi connectivity index (χ1n) is 7.93. The van der Waals surface area contributed by atoms with Crippen molar-refractivity contribution in [2.24, 2.45) is 5.92 Å². The molecule has 0 radical (unpaired) electrons. The third kappa shape index (κ3) is 4.03. The van der Waals surface area contributed by atoms with Crippen molar-refractivity contribution in [3.63, 3.8) is 0 Å². The molecule has 0 atom stereocenters. The number of pyridine rings is 1. The van der Waals surface area contributed by atoms with E-state index in [9.17, 15) is 4.79 Å². The number of nitrogens with one attached hydrogen (secondary N) is 1. The SMILES string of the molecule is Cc1nccc(N2CCC(C(=O)NCc3cccnc3)CC2)n1. The molecular weight excluding hydrogens is 290 g/mol. The molecule has 1 aliphatic rings. The van der Waals surface area contributed by atoms with Gasteiger partial charge < -0.3 is 10.2 Å². The largest absolute Gasteiger partial charge is 0.356 e. The molecule has 1 amide bonds. The van der Waals surface area contributed by atoms with Gasteiger partial charge in [0, 0.05) is 44.1 Å². The van der Waals surface area contributed by atoms with Gasteiger partial charge >= 0.3 is 0 Å². The van der Waals surface area contributed by atoms with Crippen molar-refractivity contribution >= 4 is 11.7 Å². The van der Waals surface area contributed by atoms with Crippen molar-refractivity contribution in [3.8, 4) is 0 Å². The minimum absolute atomic E-state index is 0.0749. The zero-order valence-electron chi connectivity index (χ0n) is 13.3. The summed E-state index contributed by atoms with van der Waals surface area (Å²) in [7, 11) is 0. The van der Waals surface area contributed by atoms with Crippen LogP contribution < -0.4 is 10.2 Å². The number of nitrogens with zero attached hydrogens (tertiary/aromatic N) is 4. The van der Waals surface area contributed by atoms with E-state index in [2.05, 4.69) is 25.2 Å². The molecular formula is C17H21N5O. The van der Waals surface area contributed by atoms with Crippen LogP contribution in [0.15, 0.2) is 36.8 Å². The third-order valence-corrected chi connectivity index (χ3v) is 4.14. The first kappa shape index (κ1) is 15.4. The Hall–Kier alpha value is -2.50. The Balaban J connectivity index is 1.49. The monoisotopic (exact) mass is 311 g/mol. The van der Waals surface area contributed by atoms with E-state index in [1.165, 1.54) is 0 Å². The highest BCUT2D eigenvalue weighted by Gasteiger charge is 2.25. The number of hydrogen-bond donors (Lipinski definition) is 1. The standard InChI is InChI=1S/C17H21N5O/c1-13-19-8-4-16(21-13)22-9-5-15(6-10-22)17(23)20-12-14-3-2-7-18-11-14/h2-4,7-8,11,15H,5-6,9-10,12H2,1H3,(H,20,23). The van der Waals surface area contributed by atoms with E-state index in [0.29, 0.717) is 6.54 Å². The van der Waals surface area contributed by atoms with E-state index in [0.717, 1.165) is 43.1 Å². The predicted molar refractivity (Wildman–Crippen MR) is 87.8 cm³/mol. The molecule has 1 aliphatic heterocycles. The molecule has 0 saturated carbocycles. The first-order chi connectivity index (χ1) is 11.2. The molecule has 1 saturated heterocycles. The number of amides is 1. The molecule has 3 rings (SSSR count). The molecule has 0 bridgehead atoms. The molecule has 0 aromatic carbocycles. The van der Waals surface area contributed by atoms with Gasteiger partial charge in [-0.1, -0.05) is 6.07 Å². The highest BCUT2D eigenvalue weighted by molar-refractivity contribution is 5.78. The van der Waals surface area contributed by atoms with Crippen molar-refractivity contribution in [2.45, 2.75) is 26.3 Å². The molecule has 0 unspecified atom stereocenters. The maximum atomic E-state index is 12.3. The number of anilines is 1. The summed E-state index contributed by atoms with van der Waals surface area (Å²) in [5.74, 6) is 1.93. The summed E-state index contributed by atoms with van der Waals surface area (Å²) in [5.41, 5.74) is 1.02. The average Bonchev–Trinajstić information content (AvgIpc) is 2.61. The molecule has 1 N–H and O–H groups in total. The molecule has 0 spiro atoms. The van der Waals surface area contributed by atoms with Gasteiger partial charge in [0.1, 0.15) is 11.6 Å². The second kappa shape index (κ2) is 7.17. The summed E-state index contributed by atoms with van der Waals surface area (Å²) < 4.78 is 0. The average molecular weight is 311 g/mol. The Labute approximate surface area is 136 Å². The summed E-state index contributed by atoms with van der Waals surface area (Å²) in [6.07, 6.45) is 6.99. The van der Waals surface area contributed by atoms with Crippen molar-refractivity contribution in [2.75, 3.05) is 18.0 Å². The summed E-state index contributed by atoms with van der Waals surface area (Å²) in [4.78, 5) is 27.1. The van der Waals surface area contributed by atoms with Crippen LogP contribution in [-0.2, 0) is 11.3 Å². The number of piperidine rings is 1. The van der Waals surface area contributed by atoms with Gasteiger partial charge in [-0.3, -0.25) is 9.78 Å². The lowest BCUT2D eigenvalue weighted by Gasteiger charge is -2.32. The Kier molecular flexibility index (Phi) is 4.80. The summed E-state index contributed by atoms with van der Waals surface area (Å²) in [5, 5.41) is 3.01. The second-order valence-corrected chi connectivity index (χ2v) is 5.80. The van der Waals surface area contributed by atoms with E-state index in [4.69, 9.17) is 0 Å². The van der Waals surface area contributed by atoms with Crippen LogP contribution in [0.25, 0.3) is 0 Å². The van der Waals surface area contributed by atoms with Gasteiger partial charge in [0.2, 0.25) is 5.91 Å². The summed E-state index contributed by atoms with van der Waals surface area (Å²) in [6, 6.07) is 5.77. The summed E-state index contributed by atoms with van der Waals surface area (Å²) in [6.45, 7) is 4.13. The second-order valence-electron chi connectivity index (χ2n) is 5.80. The number of carbonyl (C=O) groups is 1. The van der Waals surface area contributed by atoms with Crippen molar-refractivity contribution in [3.05, 3.63) is 48.2 Å². The summed E-state index contributed by atoms with van der Waals surface area (Å²) >= 11 is 0. The molecule has 6 nitrogen and oxygen atoms in total. The van der Waals surface area contributed by atoms with Gasteiger partial charge in [-0.15, -0.1) is 0 Å². The quantitative estimate of drug-likeness (QED) is 0.931. The number of carbonyl (C=O) groups excluding carboxylic acids is 1. The van der Waals surface area contributed by atoms with Crippen LogP contribution in [0.2, 0.25) is 0 Å². The topological polar surface area (TPSA) is 71.0 Å². The predicted octanol–water partition coefficient (Wildman–Crippen LogP) is 1.71. The van der Waals surface area contributed by atoms with Crippen LogP contribution in [0.4, 0.5) is 5.82 Å². The van der Waals surface area contributed by atoms with Crippen LogP contribution in [0.5, 0.6) is 0 Å². The van der Waals surface area contributed by atoms with Crippen LogP contribution in [0.3, 0.4) is 0 Å². The number of hydrogen-bond acceptors (Lipinski definition) is 5. The van der Waals surface area contributed by atoms with E-state index >= 15 is 0 Å². The van der Waals surface area contributed by atoms with Gasteiger partial charge in [0.25, 0.3) is 0 Å². The highest BCUT2D eigenvalue weighted by Crippen LogP contribution is 2.21. The minimum atomic E-state index is 0.0749. The fourth-order valence-corrected chi connectivity index (χ4v) is 2.83. The lowest BCUT2D eigenvalue weighted by Crippen LogP contribution is -2.40. The van der Waals surface area contributed by atoms with E-state index in [1.54, 1.807) is 18.6 Å². The molecule has 23 heavy (non-hydrogen) atoms. The van der Waals surface area contributed by atoms with Gasteiger partial charge in [-0.05, 0) is 37.5 Å². The fraction of sp³-hybridized carbons (Fsp3) is 0.412. The smallest absolute Gasteiger partial charge is 0.223 e. The van der Waals surface area contributed by atoms with Crippen LogP contribution in [0.1, 0.15) is 24.2 Å². The number of aryl methyl sites for hydroxylation is 1. The maximum Gasteiger partial charge on any atom is 0.223 e. The lowest BCUT2D eigenvalue weighted by atomic mass is 9.96. The van der Waals surface area contributed by atoms with Crippen molar-refractivity contribution in [1.29, 1.82) is 0 Å². The van der Waals surface area contributed by atoms with E-state index in [1.807, 2.05) is 25.1 Å². The molecule has 2 aromatic heterocycles. The third-order valence-electron chi connectivity index (χ3n) is 4.14. The van der Waals surface area contributed by atoms with Gasteiger partial charge in [0.05, 0.1) is 0 Å². The molecule has 120 valence electrons.